The van der Waals surface area contributed by atoms with Crippen molar-refractivity contribution in [2.24, 2.45) is 5.92 Å². The minimum Gasteiger partial charge on any atom is -0.395 e. The maximum absolute atomic E-state index is 8.85. The summed E-state index contributed by atoms with van der Waals surface area (Å²) in [6, 6.07) is 6.04. The topological polar surface area (TPSA) is 32.3 Å². The Labute approximate surface area is 106 Å². The maximum atomic E-state index is 8.85. The van der Waals surface area contributed by atoms with Gasteiger partial charge in [0.1, 0.15) is 0 Å². The SMILES string of the molecule is OCCNC(c1ccc(Cl)c(Cl)c1)C1CC1. The number of aliphatic hydroxyl groups excluding tert-OH is 1. The summed E-state index contributed by atoms with van der Waals surface area (Å²) in [5.41, 5.74) is 1.16. The van der Waals surface area contributed by atoms with Crippen LogP contribution in [0.25, 0.3) is 0 Å². The van der Waals surface area contributed by atoms with Gasteiger partial charge in [0.15, 0.2) is 0 Å². The van der Waals surface area contributed by atoms with Gasteiger partial charge in [0.25, 0.3) is 0 Å². The molecule has 0 saturated heterocycles. The van der Waals surface area contributed by atoms with E-state index in [2.05, 4.69) is 5.32 Å². The molecule has 1 aromatic carbocycles. The van der Waals surface area contributed by atoms with Crippen molar-refractivity contribution < 1.29 is 5.11 Å². The normalized spacial score (nSPS) is 17.4. The lowest BCUT2D eigenvalue weighted by Gasteiger charge is -2.18. The molecule has 0 heterocycles. The van der Waals surface area contributed by atoms with Gasteiger partial charge in [-0.3, -0.25) is 0 Å². The number of benzene rings is 1. The van der Waals surface area contributed by atoms with E-state index in [4.69, 9.17) is 28.3 Å². The molecular weight excluding hydrogens is 245 g/mol. The van der Waals surface area contributed by atoms with E-state index in [1.54, 1.807) is 0 Å². The highest BCUT2D eigenvalue weighted by atomic mass is 35.5. The zero-order chi connectivity index (χ0) is 11.5. The third-order valence-corrected chi connectivity index (χ3v) is 3.61. The summed E-state index contributed by atoms with van der Waals surface area (Å²) in [7, 11) is 0. The second-order valence-electron chi connectivity index (χ2n) is 4.17. The molecule has 1 aliphatic rings. The number of halogens is 2. The Hall–Kier alpha value is -0.280. The second kappa shape index (κ2) is 5.37. The molecule has 1 unspecified atom stereocenters. The zero-order valence-corrected chi connectivity index (χ0v) is 10.4. The first-order valence-electron chi connectivity index (χ1n) is 5.51. The molecule has 16 heavy (non-hydrogen) atoms. The van der Waals surface area contributed by atoms with Gasteiger partial charge in [-0.25, -0.2) is 0 Å². The third kappa shape index (κ3) is 2.89. The average Bonchev–Trinajstić information content (AvgIpc) is 3.08. The van der Waals surface area contributed by atoms with E-state index in [1.165, 1.54) is 12.8 Å². The predicted octanol–water partition coefficient (Wildman–Crippen LogP) is 3.03. The highest BCUT2D eigenvalue weighted by Gasteiger charge is 2.31. The molecule has 2 N–H and O–H groups in total. The van der Waals surface area contributed by atoms with E-state index in [1.807, 2.05) is 18.2 Å². The van der Waals surface area contributed by atoms with Gasteiger partial charge < -0.3 is 10.4 Å². The highest BCUT2D eigenvalue weighted by Crippen LogP contribution is 2.41. The summed E-state index contributed by atoms with van der Waals surface area (Å²) >= 11 is 11.9. The molecule has 1 saturated carbocycles. The van der Waals surface area contributed by atoms with Crippen molar-refractivity contribution in [1.82, 2.24) is 5.32 Å². The van der Waals surface area contributed by atoms with E-state index in [0.29, 0.717) is 28.5 Å². The summed E-state index contributed by atoms with van der Waals surface area (Å²) in [6.07, 6.45) is 2.48. The van der Waals surface area contributed by atoms with Crippen LogP contribution in [0.4, 0.5) is 0 Å². The quantitative estimate of drug-likeness (QED) is 0.852. The Balaban J connectivity index is 2.14. The lowest BCUT2D eigenvalue weighted by molar-refractivity contribution is 0.280. The first-order chi connectivity index (χ1) is 7.72. The van der Waals surface area contributed by atoms with Gasteiger partial charge in [0.05, 0.1) is 16.7 Å². The molecule has 1 aliphatic carbocycles. The van der Waals surface area contributed by atoms with Gasteiger partial charge in [0, 0.05) is 12.6 Å². The van der Waals surface area contributed by atoms with Gasteiger partial charge in [-0.1, -0.05) is 29.3 Å². The average molecular weight is 260 g/mol. The van der Waals surface area contributed by atoms with Crippen molar-refractivity contribution in [3.8, 4) is 0 Å². The lowest BCUT2D eigenvalue weighted by atomic mass is 10.0. The summed E-state index contributed by atoms with van der Waals surface area (Å²) < 4.78 is 0. The third-order valence-electron chi connectivity index (χ3n) is 2.87. The van der Waals surface area contributed by atoms with Crippen LogP contribution in [0, 0.1) is 5.92 Å². The second-order valence-corrected chi connectivity index (χ2v) is 4.98. The fraction of sp³-hybridized carbons (Fsp3) is 0.500. The summed E-state index contributed by atoms with van der Waals surface area (Å²) in [5.74, 6) is 0.670. The van der Waals surface area contributed by atoms with Gasteiger partial charge in [-0.15, -0.1) is 0 Å². The molecule has 2 nitrogen and oxygen atoms in total. The molecule has 0 radical (unpaired) electrons. The predicted molar refractivity (Wildman–Crippen MR) is 67.0 cm³/mol. The van der Waals surface area contributed by atoms with Crippen molar-refractivity contribution >= 4 is 23.2 Å². The van der Waals surface area contributed by atoms with Crippen LogP contribution in [0.2, 0.25) is 10.0 Å². The molecule has 0 spiro atoms. The first-order valence-corrected chi connectivity index (χ1v) is 6.27. The van der Waals surface area contributed by atoms with Crippen molar-refractivity contribution in [3.63, 3.8) is 0 Å². The van der Waals surface area contributed by atoms with Gasteiger partial charge in [0.2, 0.25) is 0 Å². The summed E-state index contributed by atoms with van der Waals surface area (Å²) in [4.78, 5) is 0. The molecule has 1 atom stereocenters. The van der Waals surface area contributed by atoms with Crippen molar-refractivity contribution in [3.05, 3.63) is 33.8 Å². The number of hydrogen-bond acceptors (Lipinski definition) is 2. The van der Waals surface area contributed by atoms with Crippen molar-refractivity contribution in [1.29, 1.82) is 0 Å². The minimum atomic E-state index is 0.157. The van der Waals surface area contributed by atoms with E-state index in [9.17, 15) is 0 Å². The van der Waals surface area contributed by atoms with Crippen LogP contribution in [-0.2, 0) is 0 Å². The van der Waals surface area contributed by atoms with Crippen molar-refractivity contribution in [2.45, 2.75) is 18.9 Å². The Morgan fingerprint density at radius 1 is 1.31 bits per heavy atom. The van der Waals surface area contributed by atoms with Gasteiger partial charge in [-0.2, -0.15) is 0 Å². The smallest absolute Gasteiger partial charge is 0.0595 e. The van der Waals surface area contributed by atoms with E-state index < -0.39 is 0 Å². The van der Waals surface area contributed by atoms with Gasteiger partial charge in [-0.05, 0) is 36.5 Å². The fourth-order valence-corrected chi connectivity index (χ4v) is 2.22. The van der Waals surface area contributed by atoms with Crippen LogP contribution in [0.5, 0.6) is 0 Å². The minimum absolute atomic E-state index is 0.157. The van der Waals surface area contributed by atoms with Crippen LogP contribution in [0.1, 0.15) is 24.4 Å². The van der Waals surface area contributed by atoms with E-state index in [0.717, 1.165) is 5.56 Å². The Kier molecular flexibility index (Phi) is 4.09. The van der Waals surface area contributed by atoms with E-state index in [-0.39, 0.29) is 6.61 Å². The fourth-order valence-electron chi connectivity index (χ4n) is 1.91. The standard InChI is InChI=1S/C12H15Cl2NO/c13-10-4-3-9(7-11(10)14)12(8-1-2-8)15-5-6-16/h3-4,7-8,12,15-16H,1-2,5-6H2. The number of aliphatic hydroxyl groups is 1. The van der Waals surface area contributed by atoms with Crippen molar-refractivity contribution in [2.75, 3.05) is 13.2 Å². The zero-order valence-electron chi connectivity index (χ0n) is 8.92. The lowest BCUT2D eigenvalue weighted by Crippen LogP contribution is -2.26. The molecule has 0 amide bonds. The molecule has 1 aromatic rings. The largest absolute Gasteiger partial charge is 0.395 e. The molecular formula is C12H15Cl2NO. The van der Waals surface area contributed by atoms with E-state index >= 15 is 0 Å². The molecule has 2 rings (SSSR count). The van der Waals surface area contributed by atoms with Crippen LogP contribution in [0.15, 0.2) is 18.2 Å². The number of nitrogens with one attached hydrogen (secondary N) is 1. The Morgan fingerprint density at radius 2 is 2.06 bits per heavy atom. The molecule has 0 bridgehead atoms. The van der Waals surface area contributed by atoms with Crippen LogP contribution in [0.3, 0.4) is 0 Å². The molecule has 0 aromatic heterocycles. The summed E-state index contributed by atoms with van der Waals surface area (Å²) in [6.45, 7) is 0.770. The first kappa shape index (κ1) is 12.2. The van der Waals surface area contributed by atoms with Crippen LogP contribution in [-0.4, -0.2) is 18.3 Å². The van der Waals surface area contributed by atoms with Gasteiger partial charge >= 0.3 is 0 Å². The van der Waals surface area contributed by atoms with Crippen LogP contribution < -0.4 is 5.32 Å². The Bertz CT molecular complexity index is 366. The number of hydrogen-bond donors (Lipinski definition) is 2. The summed E-state index contributed by atoms with van der Waals surface area (Å²) in [5, 5.41) is 13.4. The highest BCUT2D eigenvalue weighted by molar-refractivity contribution is 6.42. The molecule has 0 aliphatic heterocycles. The Morgan fingerprint density at radius 3 is 2.62 bits per heavy atom. The molecule has 1 fully saturated rings. The maximum Gasteiger partial charge on any atom is 0.0595 e. The number of rotatable bonds is 5. The van der Waals surface area contributed by atoms with Crippen LogP contribution >= 0.6 is 23.2 Å². The monoisotopic (exact) mass is 259 g/mol. The molecule has 88 valence electrons. The molecule has 4 heteroatoms.